The van der Waals surface area contributed by atoms with Gasteiger partial charge in [-0.1, -0.05) is 19.8 Å². The zero-order valence-electron chi connectivity index (χ0n) is 8.79. The van der Waals surface area contributed by atoms with Gasteiger partial charge in [0.1, 0.15) is 0 Å². The number of H-pyrrole nitrogens is 1. The molecule has 1 atom stereocenters. The molecule has 0 spiro atoms. The molecule has 1 saturated carbocycles. The molecule has 1 aliphatic carbocycles. The van der Waals surface area contributed by atoms with Crippen LogP contribution in [0, 0.1) is 5.92 Å². The van der Waals surface area contributed by atoms with Crippen molar-refractivity contribution in [2.45, 2.75) is 45.2 Å². The minimum Gasteiger partial charge on any atom is -0.347 e. The van der Waals surface area contributed by atoms with Crippen LogP contribution in [0.15, 0.2) is 12.5 Å². The van der Waals surface area contributed by atoms with Crippen molar-refractivity contribution in [3.63, 3.8) is 0 Å². The first-order chi connectivity index (χ1) is 6.88. The van der Waals surface area contributed by atoms with Crippen LogP contribution in [-0.4, -0.2) is 16.0 Å². The highest BCUT2D eigenvalue weighted by Gasteiger charge is 2.24. The predicted octanol–water partition coefficient (Wildman–Crippen LogP) is 2.08. The molecular formula is C11H19N3. The SMILES string of the molecule is CCC(CC1CC1)NCc1cnc[nH]1. The lowest BCUT2D eigenvalue weighted by Crippen LogP contribution is -2.28. The fraction of sp³-hybridized carbons (Fsp3) is 0.727. The quantitative estimate of drug-likeness (QED) is 0.726. The summed E-state index contributed by atoms with van der Waals surface area (Å²) in [7, 11) is 0. The predicted molar refractivity (Wildman–Crippen MR) is 56.8 cm³/mol. The lowest BCUT2D eigenvalue weighted by molar-refractivity contribution is 0.442. The molecular weight excluding hydrogens is 174 g/mol. The summed E-state index contributed by atoms with van der Waals surface area (Å²) in [5, 5.41) is 3.57. The Kier molecular flexibility index (Phi) is 3.19. The van der Waals surface area contributed by atoms with Crippen molar-refractivity contribution in [1.29, 1.82) is 0 Å². The van der Waals surface area contributed by atoms with Gasteiger partial charge >= 0.3 is 0 Å². The van der Waals surface area contributed by atoms with Crippen LogP contribution in [-0.2, 0) is 6.54 Å². The Bertz CT molecular complexity index is 252. The number of aromatic amines is 1. The number of hydrogen-bond acceptors (Lipinski definition) is 2. The van der Waals surface area contributed by atoms with E-state index < -0.39 is 0 Å². The minimum absolute atomic E-state index is 0.686. The molecule has 0 saturated heterocycles. The first kappa shape index (κ1) is 9.71. The van der Waals surface area contributed by atoms with E-state index in [0.29, 0.717) is 6.04 Å². The molecule has 0 aromatic carbocycles. The summed E-state index contributed by atoms with van der Waals surface area (Å²) in [6.07, 6.45) is 9.09. The summed E-state index contributed by atoms with van der Waals surface area (Å²) in [5.41, 5.74) is 1.18. The molecule has 1 aliphatic rings. The van der Waals surface area contributed by atoms with Gasteiger partial charge < -0.3 is 10.3 Å². The molecule has 1 fully saturated rings. The lowest BCUT2D eigenvalue weighted by atomic mass is 10.1. The van der Waals surface area contributed by atoms with Crippen molar-refractivity contribution in [1.82, 2.24) is 15.3 Å². The number of hydrogen-bond donors (Lipinski definition) is 2. The number of aromatic nitrogens is 2. The first-order valence-electron chi connectivity index (χ1n) is 5.59. The second-order valence-corrected chi connectivity index (χ2v) is 4.24. The number of nitrogens with zero attached hydrogens (tertiary/aromatic N) is 1. The number of rotatable bonds is 6. The average molecular weight is 193 g/mol. The van der Waals surface area contributed by atoms with E-state index in [1.807, 2.05) is 6.20 Å². The van der Waals surface area contributed by atoms with Crippen molar-refractivity contribution in [3.05, 3.63) is 18.2 Å². The van der Waals surface area contributed by atoms with E-state index in [1.165, 1.54) is 31.4 Å². The summed E-state index contributed by atoms with van der Waals surface area (Å²) in [6, 6.07) is 0.686. The Morgan fingerprint density at radius 2 is 2.50 bits per heavy atom. The van der Waals surface area contributed by atoms with E-state index in [1.54, 1.807) is 6.33 Å². The highest BCUT2D eigenvalue weighted by Crippen LogP contribution is 2.34. The van der Waals surface area contributed by atoms with Gasteiger partial charge in [0.05, 0.1) is 6.33 Å². The van der Waals surface area contributed by atoms with Crippen molar-refractivity contribution >= 4 is 0 Å². The molecule has 1 aromatic rings. The van der Waals surface area contributed by atoms with Crippen molar-refractivity contribution < 1.29 is 0 Å². The summed E-state index contributed by atoms with van der Waals surface area (Å²) in [5.74, 6) is 1.01. The van der Waals surface area contributed by atoms with Crippen LogP contribution in [0.1, 0.15) is 38.3 Å². The molecule has 0 aliphatic heterocycles. The Labute approximate surface area is 85.3 Å². The van der Waals surface area contributed by atoms with E-state index in [4.69, 9.17) is 0 Å². The van der Waals surface area contributed by atoms with Gasteiger partial charge in [0.15, 0.2) is 0 Å². The molecule has 1 unspecified atom stereocenters. The van der Waals surface area contributed by atoms with Gasteiger partial charge in [0, 0.05) is 24.5 Å². The van der Waals surface area contributed by atoms with Crippen LogP contribution in [0.25, 0.3) is 0 Å². The van der Waals surface area contributed by atoms with Crippen LogP contribution in [0.4, 0.5) is 0 Å². The van der Waals surface area contributed by atoms with Crippen LogP contribution in [0.3, 0.4) is 0 Å². The van der Waals surface area contributed by atoms with E-state index in [9.17, 15) is 0 Å². The molecule has 1 heterocycles. The molecule has 0 amide bonds. The third kappa shape index (κ3) is 2.84. The highest BCUT2D eigenvalue weighted by atomic mass is 15.0. The Balaban J connectivity index is 1.71. The zero-order chi connectivity index (χ0) is 9.80. The molecule has 78 valence electrons. The Morgan fingerprint density at radius 1 is 1.64 bits per heavy atom. The first-order valence-corrected chi connectivity index (χ1v) is 5.59. The maximum Gasteiger partial charge on any atom is 0.0922 e. The maximum absolute atomic E-state index is 4.00. The molecule has 3 heteroatoms. The fourth-order valence-electron chi connectivity index (χ4n) is 1.79. The molecule has 14 heavy (non-hydrogen) atoms. The largest absolute Gasteiger partial charge is 0.347 e. The monoisotopic (exact) mass is 193 g/mol. The maximum atomic E-state index is 4.00. The number of nitrogens with one attached hydrogen (secondary N) is 2. The molecule has 0 bridgehead atoms. The van der Waals surface area contributed by atoms with Gasteiger partial charge in [-0.25, -0.2) is 4.98 Å². The van der Waals surface area contributed by atoms with Gasteiger partial charge in [0.2, 0.25) is 0 Å². The molecule has 2 N–H and O–H groups in total. The van der Waals surface area contributed by atoms with E-state index in [2.05, 4.69) is 22.2 Å². The third-order valence-corrected chi connectivity index (χ3v) is 2.94. The standard InChI is InChI=1S/C11H19N3/c1-2-10(5-9-3-4-9)13-7-11-6-12-8-14-11/h6,8-10,13H,2-5,7H2,1H3,(H,12,14). The van der Waals surface area contributed by atoms with Gasteiger partial charge in [-0.05, 0) is 18.8 Å². The van der Waals surface area contributed by atoms with Gasteiger partial charge in [-0.3, -0.25) is 0 Å². The highest BCUT2D eigenvalue weighted by molar-refractivity contribution is 4.94. The summed E-state index contributed by atoms with van der Waals surface area (Å²) in [4.78, 5) is 7.12. The smallest absolute Gasteiger partial charge is 0.0922 e. The van der Waals surface area contributed by atoms with Crippen LogP contribution >= 0.6 is 0 Å². The van der Waals surface area contributed by atoms with Crippen LogP contribution in [0.5, 0.6) is 0 Å². The Hall–Kier alpha value is -0.830. The molecule has 1 aromatic heterocycles. The van der Waals surface area contributed by atoms with Crippen LogP contribution in [0.2, 0.25) is 0 Å². The van der Waals surface area contributed by atoms with Crippen LogP contribution < -0.4 is 5.32 Å². The summed E-state index contributed by atoms with van der Waals surface area (Å²) in [6.45, 7) is 3.18. The summed E-state index contributed by atoms with van der Waals surface area (Å²) >= 11 is 0. The number of imidazole rings is 1. The second kappa shape index (κ2) is 4.60. The molecule has 0 radical (unpaired) electrons. The zero-order valence-corrected chi connectivity index (χ0v) is 8.79. The van der Waals surface area contributed by atoms with E-state index in [-0.39, 0.29) is 0 Å². The Morgan fingerprint density at radius 3 is 3.07 bits per heavy atom. The van der Waals surface area contributed by atoms with Gasteiger partial charge in [-0.2, -0.15) is 0 Å². The van der Waals surface area contributed by atoms with Crippen molar-refractivity contribution in [3.8, 4) is 0 Å². The van der Waals surface area contributed by atoms with Gasteiger partial charge in [-0.15, -0.1) is 0 Å². The van der Waals surface area contributed by atoms with E-state index >= 15 is 0 Å². The van der Waals surface area contributed by atoms with Gasteiger partial charge in [0.25, 0.3) is 0 Å². The van der Waals surface area contributed by atoms with Crippen molar-refractivity contribution in [2.24, 2.45) is 5.92 Å². The topological polar surface area (TPSA) is 40.7 Å². The lowest BCUT2D eigenvalue weighted by Gasteiger charge is -2.15. The molecule has 3 nitrogen and oxygen atoms in total. The minimum atomic E-state index is 0.686. The summed E-state index contributed by atoms with van der Waals surface area (Å²) < 4.78 is 0. The second-order valence-electron chi connectivity index (χ2n) is 4.24. The fourth-order valence-corrected chi connectivity index (χ4v) is 1.79. The third-order valence-electron chi connectivity index (χ3n) is 2.94. The normalized spacial score (nSPS) is 18.4. The molecule has 2 rings (SSSR count). The van der Waals surface area contributed by atoms with E-state index in [0.717, 1.165) is 12.5 Å². The average Bonchev–Trinajstić information content (AvgIpc) is 2.86. The van der Waals surface area contributed by atoms with Crippen molar-refractivity contribution in [2.75, 3.05) is 0 Å².